The number of nitrogens with zero attached hydrogens (tertiary/aromatic N) is 1. The molecular weight excluding hydrogens is 182 g/mol. The molecule has 1 N–H and O–H groups in total. The van der Waals surface area contributed by atoms with Crippen LogP contribution in [0.15, 0.2) is 0 Å². The zero-order valence-electron chi connectivity index (χ0n) is 9.32. The summed E-state index contributed by atoms with van der Waals surface area (Å²) in [6.45, 7) is 2.54. The molecule has 0 aromatic carbocycles. The number of amides is 1. The van der Waals surface area contributed by atoms with Crippen molar-refractivity contribution in [1.82, 2.24) is 4.90 Å². The first-order valence-corrected chi connectivity index (χ1v) is 4.99. The van der Waals surface area contributed by atoms with Crippen LogP contribution in [-0.2, 0) is 9.53 Å². The van der Waals surface area contributed by atoms with Gasteiger partial charge in [0.05, 0.1) is 12.6 Å². The van der Waals surface area contributed by atoms with Gasteiger partial charge in [0.25, 0.3) is 0 Å². The molecule has 0 aliphatic heterocycles. The van der Waals surface area contributed by atoms with E-state index in [9.17, 15) is 4.79 Å². The number of carbonyl (C=O) groups excluding carboxylic acids is 1. The summed E-state index contributed by atoms with van der Waals surface area (Å²) < 4.78 is 4.89. The lowest BCUT2D eigenvalue weighted by molar-refractivity contribution is -0.132. The van der Waals surface area contributed by atoms with E-state index in [2.05, 4.69) is 0 Å². The van der Waals surface area contributed by atoms with Crippen LogP contribution in [0.1, 0.15) is 26.2 Å². The maximum atomic E-state index is 11.5. The molecule has 0 heterocycles. The van der Waals surface area contributed by atoms with Crippen LogP contribution < -0.4 is 0 Å². The third-order valence-corrected chi connectivity index (χ3v) is 2.31. The van der Waals surface area contributed by atoms with E-state index in [1.165, 1.54) is 0 Å². The van der Waals surface area contributed by atoms with Crippen LogP contribution in [-0.4, -0.2) is 49.3 Å². The Morgan fingerprint density at radius 1 is 1.50 bits per heavy atom. The Hall–Kier alpha value is -0.610. The molecule has 0 aromatic heterocycles. The van der Waals surface area contributed by atoms with E-state index in [0.29, 0.717) is 13.0 Å². The molecule has 0 fully saturated rings. The third-order valence-electron chi connectivity index (χ3n) is 2.31. The molecule has 0 spiro atoms. The summed E-state index contributed by atoms with van der Waals surface area (Å²) in [5, 5.41) is 8.85. The van der Waals surface area contributed by atoms with Crippen LogP contribution in [0.2, 0.25) is 0 Å². The number of aliphatic hydroxyl groups excluding tert-OH is 1. The number of hydrogen-bond acceptors (Lipinski definition) is 3. The first-order chi connectivity index (χ1) is 6.63. The fourth-order valence-corrected chi connectivity index (χ4v) is 1.07. The van der Waals surface area contributed by atoms with Crippen LogP contribution in [0, 0.1) is 0 Å². The predicted octanol–water partition coefficient (Wildman–Crippen LogP) is 0.642. The largest absolute Gasteiger partial charge is 0.394 e. The summed E-state index contributed by atoms with van der Waals surface area (Å²) in [5.74, 6) is 0.0858. The molecule has 1 amide bonds. The van der Waals surface area contributed by atoms with Crippen molar-refractivity contribution in [3.05, 3.63) is 0 Å². The minimum atomic E-state index is -0.0927. The summed E-state index contributed by atoms with van der Waals surface area (Å²) in [6.07, 6.45) is 2.28. The lowest BCUT2D eigenvalue weighted by atomic mass is 10.2. The number of carbonyl (C=O) groups is 1. The van der Waals surface area contributed by atoms with Gasteiger partial charge < -0.3 is 14.7 Å². The van der Waals surface area contributed by atoms with Gasteiger partial charge in [0.2, 0.25) is 5.91 Å². The summed E-state index contributed by atoms with van der Waals surface area (Å²) in [5.41, 5.74) is 0. The Bertz CT molecular complexity index is 161. The van der Waals surface area contributed by atoms with Gasteiger partial charge in [-0.05, 0) is 19.8 Å². The normalized spacial score (nSPS) is 12.6. The highest BCUT2D eigenvalue weighted by molar-refractivity contribution is 5.76. The molecule has 0 radical (unpaired) electrons. The van der Waals surface area contributed by atoms with Crippen molar-refractivity contribution in [2.45, 2.75) is 32.2 Å². The van der Waals surface area contributed by atoms with Gasteiger partial charge in [-0.3, -0.25) is 4.79 Å². The van der Waals surface area contributed by atoms with E-state index in [1.54, 1.807) is 19.1 Å². The standard InChI is InChI=1S/C10H21NO3/c1-9(8-12)11(2)10(13)6-4-5-7-14-3/h9,12H,4-8H2,1-3H3. The van der Waals surface area contributed by atoms with E-state index in [1.807, 2.05) is 6.92 Å². The second-order valence-corrected chi connectivity index (χ2v) is 3.49. The number of aliphatic hydroxyl groups is 1. The zero-order chi connectivity index (χ0) is 11.0. The van der Waals surface area contributed by atoms with Gasteiger partial charge in [0.1, 0.15) is 0 Å². The highest BCUT2D eigenvalue weighted by Gasteiger charge is 2.13. The SMILES string of the molecule is COCCCCC(=O)N(C)C(C)CO. The van der Waals surface area contributed by atoms with Crippen molar-refractivity contribution in [2.75, 3.05) is 27.4 Å². The van der Waals surface area contributed by atoms with Gasteiger partial charge in [-0.1, -0.05) is 0 Å². The van der Waals surface area contributed by atoms with Crippen molar-refractivity contribution in [3.8, 4) is 0 Å². The minimum absolute atomic E-state index is 0.0142. The molecule has 0 saturated carbocycles. The number of rotatable bonds is 7. The summed E-state index contributed by atoms with van der Waals surface area (Å²) in [7, 11) is 3.38. The van der Waals surface area contributed by atoms with Crippen molar-refractivity contribution in [2.24, 2.45) is 0 Å². The molecule has 0 aliphatic rings. The van der Waals surface area contributed by atoms with Crippen LogP contribution >= 0.6 is 0 Å². The highest BCUT2D eigenvalue weighted by Crippen LogP contribution is 2.02. The van der Waals surface area contributed by atoms with Crippen molar-refractivity contribution < 1.29 is 14.6 Å². The Kier molecular flexibility index (Phi) is 7.42. The Morgan fingerprint density at radius 3 is 2.64 bits per heavy atom. The molecule has 0 aromatic rings. The van der Waals surface area contributed by atoms with E-state index in [0.717, 1.165) is 12.8 Å². The quantitative estimate of drug-likeness (QED) is 0.618. The van der Waals surface area contributed by atoms with Crippen LogP contribution in [0.3, 0.4) is 0 Å². The molecular formula is C10H21NO3. The summed E-state index contributed by atoms with van der Waals surface area (Å²) in [4.78, 5) is 13.1. The molecule has 4 heteroatoms. The van der Waals surface area contributed by atoms with Crippen molar-refractivity contribution in [1.29, 1.82) is 0 Å². The number of likely N-dealkylation sites (N-methyl/N-ethyl adjacent to an activating group) is 1. The van der Waals surface area contributed by atoms with Crippen LogP contribution in [0.4, 0.5) is 0 Å². The fraction of sp³-hybridized carbons (Fsp3) is 0.900. The molecule has 4 nitrogen and oxygen atoms in total. The Balaban J connectivity index is 3.62. The third kappa shape index (κ3) is 5.19. The topological polar surface area (TPSA) is 49.8 Å². The first kappa shape index (κ1) is 13.4. The maximum absolute atomic E-state index is 11.5. The Labute approximate surface area is 85.9 Å². The first-order valence-electron chi connectivity index (χ1n) is 4.99. The van der Waals surface area contributed by atoms with Crippen LogP contribution in [0.5, 0.6) is 0 Å². The lowest BCUT2D eigenvalue weighted by Gasteiger charge is -2.23. The second kappa shape index (κ2) is 7.76. The van der Waals surface area contributed by atoms with E-state index >= 15 is 0 Å². The minimum Gasteiger partial charge on any atom is -0.394 e. The van der Waals surface area contributed by atoms with Gasteiger partial charge >= 0.3 is 0 Å². The molecule has 0 aliphatic carbocycles. The summed E-state index contributed by atoms with van der Waals surface area (Å²) >= 11 is 0. The molecule has 0 rings (SSSR count). The zero-order valence-corrected chi connectivity index (χ0v) is 9.32. The summed E-state index contributed by atoms with van der Waals surface area (Å²) in [6, 6.07) is -0.0927. The molecule has 0 bridgehead atoms. The average molecular weight is 203 g/mol. The van der Waals surface area contributed by atoms with Crippen LogP contribution in [0.25, 0.3) is 0 Å². The van der Waals surface area contributed by atoms with E-state index in [4.69, 9.17) is 9.84 Å². The van der Waals surface area contributed by atoms with E-state index < -0.39 is 0 Å². The van der Waals surface area contributed by atoms with Gasteiger partial charge in [0, 0.05) is 27.2 Å². The van der Waals surface area contributed by atoms with Gasteiger partial charge in [-0.15, -0.1) is 0 Å². The lowest BCUT2D eigenvalue weighted by Crippen LogP contribution is -2.37. The van der Waals surface area contributed by atoms with Gasteiger partial charge in [-0.25, -0.2) is 0 Å². The monoisotopic (exact) mass is 203 g/mol. The number of hydrogen-bond donors (Lipinski definition) is 1. The second-order valence-electron chi connectivity index (χ2n) is 3.49. The van der Waals surface area contributed by atoms with Gasteiger partial charge in [0.15, 0.2) is 0 Å². The highest BCUT2D eigenvalue weighted by atomic mass is 16.5. The fourth-order valence-electron chi connectivity index (χ4n) is 1.07. The maximum Gasteiger partial charge on any atom is 0.222 e. The predicted molar refractivity (Wildman–Crippen MR) is 55.0 cm³/mol. The number of ether oxygens (including phenoxy) is 1. The Morgan fingerprint density at radius 2 is 2.14 bits per heavy atom. The molecule has 1 unspecified atom stereocenters. The smallest absolute Gasteiger partial charge is 0.222 e. The van der Waals surface area contributed by atoms with Gasteiger partial charge in [-0.2, -0.15) is 0 Å². The molecule has 84 valence electrons. The van der Waals surface area contributed by atoms with E-state index in [-0.39, 0.29) is 18.6 Å². The van der Waals surface area contributed by atoms with Crippen molar-refractivity contribution >= 4 is 5.91 Å². The average Bonchev–Trinajstić information content (AvgIpc) is 2.21. The number of unbranched alkanes of at least 4 members (excludes halogenated alkanes) is 1. The van der Waals surface area contributed by atoms with Crippen molar-refractivity contribution in [3.63, 3.8) is 0 Å². The molecule has 1 atom stereocenters. The molecule has 14 heavy (non-hydrogen) atoms. The molecule has 0 saturated heterocycles. The number of methoxy groups -OCH3 is 1.